The molecular formula is C14H10O3S. The molecule has 3 nitrogen and oxygen atoms in total. The van der Waals surface area contributed by atoms with Gasteiger partial charge >= 0.3 is 5.97 Å². The van der Waals surface area contributed by atoms with Gasteiger partial charge in [-0.3, -0.25) is 4.79 Å². The third-order valence-electron chi connectivity index (χ3n) is 3.13. The Kier molecular flexibility index (Phi) is 2.59. The lowest BCUT2D eigenvalue weighted by atomic mass is 9.91. The van der Waals surface area contributed by atoms with E-state index in [-0.39, 0.29) is 17.8 Å². The number of thioether (sulfide) groups is 1. The third-order valence-corrected chi connectivity index (χ3v) is 4.42. The number of ketones is 1. The van der Waals surface area contributed by atoms with Crippen molar-refractivity contribution in [3.8, 4) is 0 Å². The topological polar surface area (TPSA) is 54.4 Å². The number of fused-ring (bicyclic) bond motifs is 1. The van der Waals surface area contributed by atoms with Crippen LogP contribution in [0.15, 0.2) is 51.3 Å². The summed E-state index contributed by atoms with van der Waals surface area (Å²) in [6.45, 7) is 0. The van der Waals surface area contributed by atoms with Crippen LogP contribution in [0.4, 0.5) is 0 Å². The molecule has 4 heteroatoms. The van der Waals surface area contributed by atoms with Crippen molar-refractivity contribution in [2.45, 2.75) is 17.7 Å². The molecule has 0 spiro atoms. The van der Waals surface area contributed by atoms with Gasteiger partial charge in [0.15, 0.2) is 5.78 Å². The summed E-state index contributed by atoms with van der Waals surface area (Å²) in [5.74, 6) is -0.926. The highest BCUT2D eigenvalue weighted by atomic mass is 32.2. The van der Waals surface area contributed by atoms with Gasteiger partial charge in [0.2, 0.25) is 0 Å². The largest absolute Gasteiger partial charge is 0.478 e. The maximum Gasteiger partial charge on any atom is 0.335 e. The summed E-state index contributed by atoms with van der Waals surface area (Å²) in [7, 11) is 0. The minimum absolute atomic E-state index is 0.0227. The van der Waals surface area contributed by atoms with E-state index in [1.807, 2.05) is 24.3 Å². The number of carbonyl (C=O) groups excluding carboxylic acids is 1. The molecule has 0 fully saturated rings. The van der Waals surface area contributed by atoms with Crippen LogP contribution in [-0.4, -0.2) is 16.9 Å². The fraction of sp³-hybridized carbons (Fsp3) is 0.143. The van der Waals surface area contributed by atoms with E-state index in [4.69, 9.17) is 0 Å². The monoisotopic (exact) mass is 258 g/mol. The van der Waals surface area contributed by atoms with Crippen molar-refractivity contribution in [3.63, 3.8) is 0 Å². The van der Waals surface area contributed by atoms with Gasteiger partial charge in [-0.2, -0.15) is 0 Å². The fourth-order valence-electron chi connectivity index (χ4n) is 2.26. The van der Waals surface area contributed by atoms with Gasteiger partial charge < -0.3 is 5.11 Å². The number of carboxylic acid groups (broad SMARTS) is 1. The van der Waals surface area contributed by atoms with Gasteiger partial charge in [-0.05, 0) is 17.2 Å². The smallest absolute Gasteiger partial charge is 0.335 e. The maximum absolute atomic E-state index is 11.9. The average Bonchev–Trinajstić information content (AvgIpc) is 2.37. The lowest BCUT2D eigenvalue weighted by Gasteiger charge is -2.24. The van der Waals surface area contributed by atoms with Crippen LogP contribution in [0.25, 0.3) is 0 Å². The fourth-order valence-corrected chi connectivity index (χ4v) is 3.40. The molecule has 0 unspecified atom stereocenters. The molecule has 1 aromatic carbocycles. The molecule has 3 rings (SSSR count). The zero-order valence-electron chi connectivity index (χ0n) is 9.47. The number of Topliss-reactive ketones (excluding diaryl/α,β-unsaturated/α-hetero) is 1. The van der Waals surface area contributed by atoms with Crippen LogP contribution in [0.5, 0.6) is 0 Å². The lowest BCUT2D eigenvalue weighted by Crippen LogP contribution is -2.18. The Hall–Kier alpha value is -1.81. The van der Waals surface area contributed by atoms with Crippen molar-refractivity contribution in [2.75, 3.05) is 0 Å². The van der Waals surface area contributed by atoms with Crippen molar-refractivity contribution >= 4 is 23.5 Å². The molecular weight excluding hydrogens is 248 g/mol. The first-order chi connectivity index (χ1) is 8.66. The Morgan fingerprint density at radius 1 is 1.28 bits per heavy atom. The average molecular weight is 258 g/mol. The second-order valence-electron chi connectivity index (χ2n) is 4.24. The predicted molar refractivity (Wildman–Crippen MR) is 68.4 cm³/mol. The minimum Gasteiger partial charge on any atom is -0.478 e. The van der Waals surface area contributed by atoms with E-state index in [1.54, 1.807) is 0 Å². The van der Waals surface area contributed by atoms with E-state index in [9.17, 15) is 14.7 Å². The number of hydrogen-bond donors (Lipinski definition) is 1. The highest BCUT2D eigenvalue weighted by Gasteiger charge is 2.30. The lowest BCUT2D eigenvalue weighted by molar-refractivity contribution is -0.132. The molecule has 1 N–H and O–H groups in total. The number of rotatable bonds is 1. The standard InChI is InChI=1S/C14H10O3S/c15-11-6-5-9(14(16)17)10-7-8-3-1-2-4-12(8)18-13(10)11/h1-5H,6-7H2,(H,16,17). The molecule has 0 saturated heterocycles. The third kappa shape index (κ3) is 1.69. The molecule has 0 bridgehead atoms. The Morgan fingerprint density at radius 3 is 2.83 bits per heavy atom. The summed E-state index contributed by atoms with van der Waals surface area (Å²) in [5.41, 5.74) is 2.04. The summed E-state index contributed by atoms with van der Waals surface area (Å²) in [4.78, 5) is 24.8. The molecule has 1 aromatic rings. The Balaban J connectivity index is 2.10. The number of carbonyl (C=O) groups is 2. The number of carboxylic acids is 1. The SMILES string of the molecule is O=C(O)C1=CCC(=O)C2=C1Cc1ccccc1S2. The molecule has 0 saturated carbocycles. The van der Waals surface area contributed by atoms with E-state index >= 15 is 0 Å². The van der Waals surface area contributed by atoms with Crippen molar-refractivity contribution in [1.29, 1.82) is 0 Å². The highest BCUT2D eigenvalue weighted by Crippen LogP contribution is 2.43. The molecule has 1 heterocycles. The second-order valence-corrected chi connectivity index (χ2v) is 5.30. The van der Waals surface area contributed by atoms with Crippen LogP contribution >= 0.6 is 11.8 Å². The van der Waals surface area contributed by atoms with E-state index < -0.39 is 5.97 Å². The van der Waals surface area contributed by atoms with Crippen LogP contribution in [0.2, 0.25) is 0 Å². The molecule has 0 aromatic heterocycles. The Labute approximate surface area is 108 Å². The summed E-state index contributed by atoms with van der Waals surface area (Å²) in [6, 6.07) is 7.80. The van der Waals surface area contributed by atoms with E-state index in [2.05, 4.69) is 0 Å². The van der Waals surface area contributed by atoms with Crippen molar-refractivity contribution in [2.24, 2.45) is 0 Å². The van der Waals surface area contributed by atoms with Crippen LogP contribution in [-0.2, 0) is 16.0 Å². The molecule has 0 atom stereocenters. The first kappa shape index (κ1) is 11.3. The summed E-state index contributed by atoms with van der Waals surface area (Å²) >= 11 is 1.40. The second kappa shape index (κ2) is 4.14. The molecule has 90 valence electrons. The first-order valence-electron chi connectivity index (χ1n) is 5.63. The van der Waals surface area contributed by atoms with Gasteiger partial charge in [0.1, 0.15) is 0 Å². The summed E-state index contributed by atoms with van der Waals surface area (Å²) < 4.78 is 0. The summed E-state index contributed by atoms with van der Waals surface area (Å²) in [5, 5.41) is 9.19. The van der Waals surface area contributed by atoms with Crippen molar-refractivity contribution < 1.29 is 14.7 Å². The van der Waals surface area contributed by atoms with Crippen LogP contribution < -0.4 is 0 Å². The van der Waals surface area contributed by atoms with Gasteiger partial charge in [-0.1, -0.05) is 36.0 Å². The van der Waals surface area contributed by atoms with E-state index in [0.717, 1.165) is 10.5 Å². The summed E-state index contributed by atoms with van der Waals surface area (Å²) in [6.07, 6.45) is 2.25. The first-order valence-corrected chi connectivity index (χ1v) is 6.44. The highest BCUT2D eigenvalue weighted by molar-refractivity contribution is 8.04. The molecule has 0 radical (unpaired) electrons. The quantitative estimate of drug-likeness (QED) is 0.841. The normalized spacial score (nSPS) is 18.0. The van der Waals surface area contributed by atoms with Gasteiger partial charge in [0, 0.05) is 17.7 Å². The van der Waals surface area contributed by atoms with Crippen LogP contribution in [0, 0.1) is 0 Å². The van der Waals surface area contributed by atoms with Crippen molar-refractivity contribution in [1.82, 2.24) is 0 Å². The Bertz CT molecular complexity index is 626. The number of hydrogen-bond acceptors (Lipinski definition) is 3. The molecule has 1 aliphatic heterocycles. The van der Waals surface area contributed by atoms with Gasteiger partial charge in [0.05, 0.1) is 10.5 Å². The number of aliphatic carboxylic acids is 1. The molecule has 2 aliphatic rings. The molecule has 18 heavy (non-hydrogen) atoms. The van der Waals surface area contributed by atoms with E-state index in [1.165, 1.54) is 17.8 Å². The van der Waals surface area contributed by atoms with Gasteiger partial charge in [-0.25, -0.2) is 4.79 Å². The van der Waals surface area contributed by atoms with Crippen molar-refractivity contribution in [3.05, 3.63) is 52.0 Å². The van der Waals surface area contributed by atoms with Crippen LogP contribution in [0.3, 0.4) is 0 Å². The van der Waals surface area contributed by atoms with E-state index in [0.29, 0.717) is 16.9 Å². The molecule has 0 amide bonds. The number of allylic oxidation sites excluding steroid dienone is 2. The van der Waals surface area contributed by atoms with Gasteiger partial charge in [-0.15, -0.1) is 0 Å². The number of benzene rings is 1. The minimum atomic E-state index is -0.949. The van der Waals surface area contributed by atoms with Crippen LogP contribution in [0.1, 0.15) is 12.0 Å². The zero-order valence-corrected chi connectivity index (χ0v) is 10.3. The predicted octanol–water partition coefficient (Wildman–Crippen LogP) is 2.57. The molecule has 1 aliphatic carbocycles. The maximum atomic E-state index is 11.9. The van der Waals surface area contributed by atoms with Gasteiger partial charge in [0.25, 0.3) is 0 Å². The Morgan fingerprint density at radius 2 is 2.06 bits per heavy atom. The zero-order chi connectivity index (χ0) is 12.7.